The lowest BCUT2D eigenvalue weighted by molar-refractivity contribution is 0.100. The molecule has 92 valence electrons. The van der Waals surface area contributed by atoms with Crippen LogP contribution in [0.25, 0.3) is 11.1 Å². The van der Waals surface area contributed by atoms with E-state index in [2.05, 4.69) is 15.9 Å². The summed E-state index contributed by atoms with van der Waals surface area (Å²) >= 11 is 5.08. The van der Waals surface area contributed by atoms with Gasteiger partial charge >= 0.3 is 0 Å². The third-order valence-electron chi connectivity index (χ3n) is 2.64. The molecule has 2 nitrogen and oxygen atoms in total. The van der Waals surface area contributed by atoms with Crippen LogP contribution in [0, 0.1) is 0 Å². The van der Waals surface area contributed by atoms with Gasteiger partial charge in [0, 0.05) is 14.9 Å². The number of carbonyl (C=O) groups is 1. The largest absolute Gasteiger partial charge is 0.366 e. The van der Waals surface area contributed by atoms with Crippen LogP contribution in [0.15, 0.2) is 51.8 Å². The van der Waals surface area contributed by atoms with E-state index in [0.29, 0.717) is 5.56 Å². The number of hydrogen-bond acceptors (Lipinski definition) is 2. The third-order valence-corrected chi connectivity index (χ3v) is 3.93. The number of rotatable bonds is 3. The van der Waals surface area contributed by atoms with Crippen LogP contribution >= 0.6 is 27.7 Å². The normalized spacial score (nSPS) is 10.3. The van der Waals surface area contributed by atoms with Crippen molar-refractivity contribution < 1.29 is 4.79 Å². The Morgan fingerprint density at radius 2 is 1.89 bits per heavy atom. The van der Waals surface area contributed by atoms with E-state index in [9.17, 15) is 4.79 Å². The van der Waals surface area contributed by atoms with E-state index in [0.717, 1.165) is 20.5 Å². The van der Waals surface area contributed by atoms with Crippen molar-refractivity contribution in [1.29, 1.82) is 0 Å². The first-order valence-corrected chi connectivity index (χ1v) is 7.38. The summed E-state index contributed by atoms with van der Waals surface area (Å²) in [5, 5.41) is 0. The second kappa shape index (κ2) is 5.59. The van der Waals surface area contributed by atoms with E-state index in [1.54, 1.807) is 17.8 Å². The molecule has 0 atom stereocenters. The molecule has 1 amide bonds. The van der Waals surface area contributed by atoms with E-state index < -0.39 is 5.91 Å². The van der Waals surface area contributed by atoms with Crippen molar-refractivity contribution in [2.45, 2.75) is 4.90 Å². The van der Waals surface area contributed by atoms with Crippen molar-refractivity contribution >= 4 is 33.6 Å². The van der Waals surface area contributed by atoms with Crippen LogP contribution in [0.2, 0.25) is 0 Å². The van der Waals surface area contributed by atoms with E-state index in [1.807, 2.05) is 42.7 Å². The maximum absolute atomic E-state index is 11.5. The maximum Gasteiger partial charge on any atom is 0.249 e. The van der Waals surface area contributed by atoms with Gasteiger partial charge in [-0.3, -0.25) is 4.79 Å². The molecule has 4 heteroatoms. The fraction of sp³-hybridized carbons (Fsp3) is 0.0714. The van der Waals surface area contributed by atoms with Crippen LogP contribution in [0.5, 0.6) is 0 Å². The van der Waals surface area contributed by atoms with Gasteiger partial charge in [-0.2, -0.15) is 0 Å². The summed E-state index contributed by atoms with van der Waals surface area (Å²) in [5.74, 6) is -0.409. The second-order valence-electron chi connectivity index (χ2n) is 3.75. The SMILES string of the molecule is CSc1ccccc1-c1cc(Br)ccc1C(N)=O. The zero-order valence-corrected chi connectivity index (χ0v) is 12.2. The molecule has 2 aromatic rings. The first-order chi connectivity index (χ1) is 8.63. The van der Waals surface area contributed by atoms with Crippen LogP contribution in [0.1, 0.15) is 10.4 Å². The van der Waals surface area contributed by atoms with E-state index in [4.69, 9.17) is 5.73 Å². The molecule has 0 fully saturated rings. The highest BCUT2D eigenvalue weighted by Gasteiger charge is 2.13. The zero-order valence-electron chi connectivity index (χ0n) is 9.81. The molecule has 2 aromatic carbocycles. The Kier molecular flexibility index (Phi) is 4.09. The quantitative estimate of drug-likeness (QED) is 0.870. The Morgan fingerprint density at radius 3 is 2.56 bits per heavy atom. The van der Waals surface area contributed by atoms with Crippen LogP contribution in [-0.4, -0.2) is 12.2 Å². The van der Waals surface area contributed by atoms with Gasteiger partial charge in [0.2, 0.25) is 5.91 Å². The zero-order chi connectivity index (χ0) is 13.1. The maximum atomic E-state index is 11.5. The lowest BCUT2D eigenvalue weighted by atomic mass is 9.99. The highest BCUT2D eigenvalue weighted by atomic mass is 79.9. The van der Waals surface area contributed by atoms with Gasteiger partial charge < -0.3 is 5.73 Å². The van der Waals surface area contributed by atoms with Crippen LogP contribution < -0.4 is 5.73 Å². The number of halogens is 1. The molecule has 0 aliphatic heterocycles. The van der Waals surface area contributed by atoms with Crippen molar-refractivity contribution in [3.8, 4) is 11.1 Å². The van der Waals surface area contributed by atoms with Crippen molar-refractivity contribution in [2.75, 3.05) is 6.26 Å². The molecule has 18 heavy (non-hydrogen) atoms. The van der Waals surface area contributed by atoms with Crippen LogP contribution in [-0.2, 0) is 0 Å². The van der Waals surface area contributed by atoms with Gasteiger partial charge in [-0.15, -0.1) is 11.8 Å². The summed E-state index contributed by atoms with van der Waals surface area (Å²) in [6, 6.07) is 13.5. The molecule has 0 aromatic heterocycles. The highest BCUT2D eigenvalue weighted by Crippen LogP contribution is 2.33. The predicted octanol–water partition coefficient (Wildman–Crippen LogP) is 3.94. The number of nitrogens with two attached hydrogens (primary N) is 1. The molecular formula is C14H12BrNOS. The molecule has 0 saturated carbocycles. The molecule has 0 heterocycles. The standard InChI is InChI=1S/C14H12BrNOS/c1-18-13-5-3-2-4-10(13)12-8-9(15)6-7-11(12)14(16)17/h2-8H,1H3,(H2,16,17). The first kappa shape index (κ1) is 13.2. The fourth-order valence-electron chi connectivity index (χ4n) is 1.82. The number of hydrogen-bond donors (Lipinski definition) is 1. The summed E-state index contributed by atoms with van der Waals surface area (Å²) in [6.45, 7) is 0. The second-order valence-corrected chi connectivity index (χ2v) is 5.52. The Hall–Kier alpha value is -1.26. The van der Waals surface area contributed by atoms with Crippen LogP contribution in [0.4, 0.5) is 0 Å². The van der Waals surface area contributed by atoms with Crippen molar-refractivity contribution in [3.05, 3.63) is 52.5 Å². The van der Waals surface area contributed by atoms with Gasteiger partial charge in [-0.05, 0) is 41.6 Å². The minimum atomic E-state index is -0.409. The van der Waals surface area contributed by atoms with E-state index in [-0.39, 0.29) is 0 Å². The molecule has 0 bridgehead atoms. The number of carbonyl (C=O) groups excluding carboxylic acids is 1. The van der Waals surface area contributed by atoms with Gasteiger partial charge in [0.15, 0.2) is 0 Å². The summed E-state index contributed by atoms with van der Waals surface area (Å²) in [6.07, 6.45) is 2.01. The number of primary amides is 1. The average molecular weight is 322 g/mol. The minimum absolute atomic E-state index is 0.409. The van der Waals surface area contributed by atoms with E-state index in [1.165, 1.54) is 0 Å². The van der Waals surface area contributed by atoms with E-state index >= 15 is 0 Å². The van der Waals surface area contributed by atoms with Gasteiger partial charge in [-0.25, -0.2) is 0 Å². The number of amides is 1. The molecule has 0 spiro atoms. The minimum Gasteiger partial charge on any atom is -0.366 e. The Morgan fingerprint density at radius 1 is 1.17 bits per heavy atom. The molecule has 0 aliphatic rings. The summed E-state index contributed by atoms with van der Waals surface area (Å²) in [7, 11) is 0. The topological polar surface area (TPSA) is 43.1 Å². The predicted molar refractivity (Wildman–Crippen MR) is 79.9 cm³/mol. The smallest absolute Gasteiger partial charge is 0.249 e. The van der Waals surface area contributed by atoms with Gasteiger partial charge in [0.25, 0.3) is 0 Å². The van der Waals surface area contributed by atoms with Crippen molar-refractivity contribution in [1.82, 2.24) is 0 Å². The first-order valence-electron chi connectivity index (χ1n) is 5.36. The lowest BCUT2D eigenvalue weighted by Crippen LogP contribution is -2.12. The van der Waals surface area contributed by atoms with Crippen molar-refractivity contribution in [2.24, 2.45) is 5.73 Å². The number of benzene rings is 2. The highest BCUT2D eigenvalue weighted by molar-refractivity contribution is 9.10. The Balaban J connectivity index is 2.69. The Bertz CT molecular complexity index is 598. The van der Waals surface area contributed by atoms with Crippen molar-refractivity contribution in [3.63, 3.8) is 0 Å². The summed E-state index contributed by atoms with van der Waals surface area (Å²) in [4.78, 5) is 12.6. The third kappa shape index (κ3) is 2.60. The molecular weight excluding hydrogens is 310 g/mol. The average Bonchev–Trinajstić information content (AvgIpc) is 2.38. The molecule has 0 unspecified atom stereocenters. The number of thioether (sulfide) groups is 1. The molecule has 0 radical (unpaired) electrons. The lowest BCUT2D eigenvalue weighted by Gasteiger charge is -2.11. The van der Waals surface area contributed by atoms with Gasteiger partial charge in [-0.1, -0.05) is 34.1 Å². The summed E-state index contributed by atoms with van der Waals surface area (Å²) in [5.41, 5.74) is 7.86. The molecule has 0 aliphatic carbocycles. The van der Waals surface area contributed by atoms with Gasteiger partial charge in [0.05, 0.1) is 0 Å². The monoisotopic (exact) mass is 321 g/mol. The molecule has 2 N–H and O–H groups in total. The fourth-order valence-corrected chi connectivity index (χ4v) is 2.79. The Labute approximate surface area is 119 Å². The van der Waals surface area contributed by atoms with Crippen LogP contribution in [0.3, 0.4) is 0 Å². The molecule has 0 saturated heterocycles. The van der Waals surface area contributed by atoms with Gasteiger partial charge in [0.1, 0.15) is 0 Å². The molecule has 2 rings (SSSR count). The summed E-state index contributed by atoms with van der Waals surface area (Å²) < 4.78 is 0.929.